The molecule has 0 aromatic carbocycles. The summed E-state index contributed by atoms with van der Waals surface area (Å²) in [7, 11) is 0. The number of hydrogen-bond donors (Lipinski definition) is 0. The van der Waals surface area contributed by atoms with Crippen LogP contribution in [0.15, 0.2) is 0 Å². The Balaban J connectivity index is 2.28. The summed E-state index contributed by atoms with van der Waals surface area (Å²) in [5, 5.41) is 0.846. The molecule has 14 heavy (non-hydrogen) atoms. The van der Waals surface area contributed by atoms with Crippen molar-refractivity contribution in [2.75, 3.05) is 11.1 Å². The van der Waals surface area contributed by atoms with Crippen LogP contribution in [0.1, 0.15) is 32.1 Å². The second-order valence-corrected chi connectivity index (χ2v) is 5.61. The van der Waals surface area contributed by atoms with Crippen molar-refractivity contribution in [3.05, 3.63) is 0 Å². The zero-order valence-electron chi connectivity index (χ0n) is 7.87. The summed E-state index contributed by atoms with van der Waals surface area (Å²) in [5.41, 5.74) is -3.91. The smallest absolute Gasteiger partial charge is 0.160 e. The highest BCUT2D eigenvalue weighted by atomic mass is 79.9. The van der Waals surface area contributed by atoms with Crippen LogP contribution in [0.2, 0.25) is 0 Å². The molecule has 0 nitrogen and oxygen atoms in total. The van der Waals surface area contributed by atoms with Gasteiger partial charge in [-0.3, -0.25) is 0 Å². The molecule has 0 amide bonds. The van der Waals surface area contributed by atoms with Gasteiger partial charge in [0.05, 0.1) is 0 Å². The number of hydrogen-bond acceptors (Lipinski definition) is 1. The number of rotatable bonds is 4. The zero-order chi connectivity index (χ0) is 10.7. The Hall–Kier alpha value is 0.620. The Bertz CT molecular complexity index is 175. The fourth-order valence-corrected chi connectivity index (χ4v) is 3.57. The predicted octanol–water partition coefficient (Wildman–Crippen LogP) is 4.58. The first-order chi connectivity index (χ1) is 6.47. The van der Waals surface area contributed by atoms with Crippen molar-refractivity contribution in [2.24, 2.45) is 5.41 Å². The van der Waals surface area contributed by atoms with Crippen LogP contribution in [0.25, 0.3) is 0 Å². The molecule has 0 saturated heterocycles. The van der Waals surface area contributed by atoms with Gasteiger partial charge in [0.1, 0.15) is 0 Å². The fraction of sp³-hybridized carbons (Fsp3) is 1.00. The second kappa shape index (κ2) is 5.10. The van der Waals surface area contributed by atoms with Gasteiger partial charge in [-0.1, -0.05) is 40.5 Å². The van der Waals surface area contributed by atoms with Gasteiger partial charge in [-0.05, 0) is 24.7 Å². The molecule has 0 atom stereocenters. The minimum Gasteiger partial charge on any atom is -0.160 e. The van der Waals surface area contributed by atoms with E-state index in [9.17, 15) is 13.2 Å². The number of alkyl halides is 4. The Morgan fingerprint density at radius 1 is 1.21 bits per heavy atom. The molecule has 1 aliphatic carbocycles. The molecule has 0 bridgehead atoms. The van der Waals surface area contributed by atoms with Crippen LogP contribution in [0.3, 0.4) is 0 Å². The molecule has 1 saturated carbocycles. The molecular formula is C9H14BrF3S. The molecular weight excluding hydrogens is 277 g/mol. The monoisotopic (exact) mass is 290 g/mol. The van der Waals surface area contributed by atoms with Crippen LogP contribution in [0, 0.1) is 5.41 Å². The van der Waals surface area contributed by atoms with E-state index in [1.165, 1.54) is 12.8 Å². The van der Waals surface area contributed by atoms with E-state index in [2.05, 4.69) is 15.9 Å². The molecule has 1 rings (SSSR count). The van der Waals surface area contributed by atoms with Crippen LogP contribution in [-0.4, -0.2) is 16.6 Å². The normalized spacial score (nSPS) is 21.4. The molecule has 0 aliphatic heterocycles. The second-order valence-electron chi connectivity index (χ2n) is 3.88. The molecule has 0 aromatic rings. The van der Waals surface area contributed by atoms with E-state index in [0.29, 0.717) is 6.42 Å². The Morgan fingerprint density at radius 2 is 1.79 bits per heavy atom. The predicted molar refractivity (Wildman–Crippen MR) is 57.8 cm³/mol. The van der Waals surface area contributed by atoms with E-state index in [4.69, 9.17) is 0 Å². The van der Waals surface area contributed by atoms with Gasteiger partial charge in [0, 0.05) is 11.1 Å². The lowest BCUT2D eigenvalue weighted by atomic mass is 9.86. The summed E-state index contributed by atoms with van der Waals surface area (Å²) in [6.07, 6.45) is 5.18. The van der Waals surface area contributed by atoms with Gasteiger partial charge < -0.3 is 0 Å². The standard InChI is InChI=1S/C9H14BrF3S/c10-7-8(3-1-2-4-8)5-6-14-9(11,12)13/h1-7H2. The first-order valence-corrected chi connectivity index (χ1v) is 6.85. The van der Waals surface area contributed by atoms with Crippen LogP contribution in [-0.2, 0) is 0 Å². The van der Waals surface area contributed by atoms with Gasteiger partial charge in [-0.25, -0.2) is 0 Å². The lowest BCUT2D eigenvalue weighted by Gasteiger charge is -2.26. The maximum Gasteiger partial charge on any atom is 0.441 e. The van der Waals surface area contributed by atoms with Crippen molar-refractivity contribution in [1.82, 2.24) is 0 Å². The van der Waals surface area contributed by atoms with E-state index in [1.807, 2.05) is 0 Å². The lowest BCUT2D eigenvalue weighted by Crippen LogP contribution is -2.20. The molecule has 5 heteroatoms. The van der Waals surface area contributed by atoms with E-state index < -0.39 is 5.51 Å². The van der Waals surface area contributed by atoms with Crippen molar-refractivity contribution < 1.29 is 13.2 Å². The molecule has 84 valence electrons. The van der Waals surface area contributed by atoms with Crippen LogP contribution < -0.4 is 0 Å². The van der Waals surface area contributed by atoms with E-state index in [-0.39, 0.29) is 22.9 Å². The van der Waals surface area contributed by atoms with Crippen molar-refractivity contribution in [1.29, 1.82) is 0 Å². The van der Waals surface area contributed by atoms with Gasteiger partial charge in [-0.15, -0.1) is 0 Å². The lowest BCUT2D eigenvalue weighted by molar-refractivity contribution is -0.0329. The summed E-state index contributed by atoms with van der Waals surface area (Å²) >= 11 is 3.54. The highest BCUT2D eigenvalue weighted by Gasteiger charge is 2.34. The molecule has 0 aromatic heterocycles. The fourth-order valence-electron chi connectivity index (χ4n) is 1.96. The molecule has 1 fully saturated rings. The van der Waals surface area contributed by atoms with Gasteiger partial charge in [0.25, 0.3) is 0 Å². The minimum atomic E-state index is -4.06. The molecule has 0 spiro atoms. The van der Waals surface area contributed by atoms with Crippen molar-refractivity contribution in [3.63, 3.8) is 0 Å². The van der Waals surface area contributed by atoms with E-state index >= 15 is 0 Å². The quantitative estimate of drug-likeness (QED) is 0.683. The van der Waals surface area contributed by atoms with Crippen molar-refractivity contribution >= 4 is 27.7 Å². The maximum atomic E-state index is 11.9. The summed E-state index contributed by atoms with van der Waals surface area (Å²) in [6, 6.07) is 0. The molecule has 0 heterocycles. The summed E-state index contributed by atoms with van der Waals surface area (Å²) in [5.74, 6) is 0.203. The molecule has 1 aliphatic rings. The average molecular weight is 291 g/mol. The minimum absolute atomic E-state index is 0.113. The number of halogens is 4. The van der Waals surface area contributed by atoms with Crippen LogP contribution in [0.5, 0.6) is 0 Å². The SMILES string of the molecule is FC(F)(F)SCCC1(CBr)CCCC1. The third-order valence-electron chi connectivity index (χ3n) is 2.85. The first kappa shape index (κ1) is 12.7. The largest absolute Gasteiger partial charge is 0.441 e. The summed E-state index contributed by atoms with van der Waals surface area (Å²) in [4.78, 5) is 0. The zero-order valence-corrected chi connectivity index (χ0v) is 10.3. The summed E-state index contributed by atoms with van der Waals surface area (Å²) in [6.45, 7) is 0. The van der Waals surface area contributed by atoms with Gasteiger partial charge in [0.15, 0.2) is 0 Å². The Morgan fingerprint density at radius 3 is 2.21 bits per heavy atom. The van der Waals surface area contributed by atoms with Gasteiger partial charge in [0.2, 0.25) is 0 Å². The van der Waals surface area contributed by atoms with E-state index in [0.717, 1.165) is 18.2 Å². The van der Waals surface area contributed by atoms with Crippen LogP contribution in [0.4, 0.5) is 13.2 Å². The Labute approximate surface area is 95.1 Å². The average Bonchev–Trinajstić information content (AvgIpc) is 2.52. The third-order valence-corrected chi connectivity index (χ3v) is 4.77. The van der Waals surface area contributed by atoms with Crippen LogP contribution >= 0.6 is 27.7 Å². The number of thioether (sulfide) groups is 1. The highest BCUT2D eigenvalue weighted by Crippen LogP contribution is 2.44. The summed E-state index contributed by atoms with van der Waals surface area (Å²) < 4.78 is 35.7. The van der Waals surface area contributed by atoms with E-state index in [1.54, 1.807) is 0 Å². The highest BCUT2D eigenvalue weighted by molar-refractivity contribution is 9.09. The molecule has 0 unspecified atom stereocenters. The third kappa shape index (κ3) is 4.01. The van der Waals surface area contributed by atoms with Crippen molar-refractivity contribution in [2.45, 2.75) is 37.6 Å². The molecule has 0 radical (unpaired) electrons. The topological polar surface area (TPSA) is 0 Å². The van der Waals surface area contributed by atoms with Gasteiger partial charge >= 0.3 is 5.51 Å². The molecule has 0 N–H and O–H groups in total. The maximum absolute atomic E-state index is 11.9. The van der Waals surface area contributed by atoms with Gasteiger partial charge in [-0.2, -0.15) is 13.2 Å². The van der Waals surface area contributed by atoms with Crippen molar-refractivity contribution in [3.8, 4) is 0 Å². The first-order valence-electron chi connectivity index (χ1n) is 4.74. The Kier molecular flexibility index (Phi) is 4.62.